The zero-order valence-corrected chi connectivity index (χ0v) is 8.19. The molecule has 0 heterocycles. The summed E-state index contributed by atoms with van der Waals surface area (Å²) < 4.78 is 58.0. The highest BCUT2D eigenvalue weighted by molar-refractivity contribution is 7.92. The van der Waals surface area contributed by atoms with Gasteiger partial charge in [0.2, 0.25) is 0 Å². The van der Waals surface area contributed by atoms with Crippen LogP contribution < -0.4 is 5.73 Å². The lowest BCUT2D eigenvalue weighted by molar-refractivity contribution is -0.0436. The van der Waals surface area contributed by atoms with E-state index in [9.17, 15) is 21.6 Å². The van der Waals surface area contributed by atoms with Crippen LogP contribution in [-0.4, -0.2) is 13.9 Å². The highest BCUT2D eigenvalue weighted by atomic mass is 32.2. The van der Waals surface area contributed by atoms with Gasteiger partial charge in [0.1, 0.15) is 0 Å². The third-order valence-corrected chi connectivity index (χ3v) is 3.24. The molecule has 0 saturated heterocycles. The van der Waals surface area contributed by atoms with Gasteiger partial charge in [0, 0.05) is 6.54 Å². The molecule has 1 rings (SSSR count). The standard InChI is InChI=1S/C8H7F3NO2S/c9-8(10,11)15(13,14)7-3-1-6(5-12)2-4-7/h1-4,12H,5H2. The third-order valence-electron chi connectivity index (χ3n) is 1.74. The van der Waals surface area contributed by atoms with Crippen molar-refractivity contribution in [3.05, 3.63) is 29.8 Å². The van der Waals surface area contributed by atoms with Gasteiger partial charge in [-0.15, -0.1) is 0 Å². The molecule has 0 amide bonds. The minimum absolute atomic E-state index is 0.105. The summed E-state index contributed by atoms with van der Waals surface area (Å²) >= 11 is 0. The first kappa shape index (κ1) is 12.0. The molecule has 83 valence electrons. The molecule has 0 bridgehead atoms. The lowest BCUT2D eigenvalue weighted by Crippen LogP contribution is -2.23. The number of benzene rings is 1. The fourth-order valence-electron chi connectivity index (χ4n) is 0.920. The van der Waals surface area contributed by atoms with E-state index in [-0.39, 0.29) is 6.54 Å². The molecule has 0 unspecified atom stereocenters. The molecule has 1 N–H and O–H groups in total. The van der Waals surface area contributed by atoms with Gasteiger partial charge >= 0.3 is 5.51 Å². The maximum atomic E-state index is 12.1. The predicted molar refractivity (Wildman–Crippen MR) is 46.5 cm³/mol. The molecule has 0 atom stereocenters. The average molecular weight is 238 g/mol. The molecular formula is C8H7F3NO2S. The Morgan fingerprint density at radius 2 is 1.60 bits per heavy atom. The van der Waals surface area contributed by atoms with E-state index >= 15 is 0 Å². The van der Waals surface area contributed by atoms with Crippen LogP contribution in [0.5, 0.6) is 0 Å². The highest BCUT2D eigenvalue weighted by Crippen LogP contribution is 2.30. The molecule has 0 aliphatic rings. The van der Waals surface area contributed by atoms with Crippen molar-refractivity contribution >= 4 is 9.84 Å². The molecular weight excluding hydrogens is 231 g/mol. The first-order chi connectivity index (χ1) is 6.79. The number of hydrogen-bond acceptors (Lipinski definition) is 2. The Morgan fingerprint density at radius 3 is 1.93 bits per heavy atom. The van der Waals surface area contributed by atoms with Crippen molar-refractivity contribution in [2.45, 2.75) is 16.9 Å². The molecule has 0 aromatic heterocycles. The van der Waals surface area contributed by atoms with E-state index < -0.39 is 20.2 Å². The molecule has 0 aliphatic heterocycles. The minimum Gasteiger partial charge on any atom is -0.253 e. The Balaban J connectivity index is 3.18. The van der Waals surface area contributed by atoms with E-state index in [0.29, 0.717) is 5.56 Å². The summed E-state index contributed by atoms with van der Waals surface area (Å²) in [5.74, 6) is 0. The largest absolute Gasteiger partial charge is 0.501 e. The maximum absolute atomic E-state index is 12.1. The van der Waals surface area contributed by atoms with Gasteiger partial charge in [-0.25, -0.2) is 8.42 Å². The van der Waals surface area contributed by atoms with Crippen LogP contribution in [0, 0.1) is 0 Å². The topological polar surface area (TPSA) is 57.9 Å². The number of rotatable bonds is 2. The summed E-state index contributed by atoms with van der Waals surface area (Å²) in [6.07, 6.45) is 0. The molecule has 1 aromatic rings. The van der Waals surface area contributed by atoms with Crippen LogP contribution in [0.25, 0.3) is 0 Å². The second kappa shape index (κ2) is 3.82. The molecule has 0 saturated carbocycles. The van der Waals surface area contributed by atoms with Crippen molar-refractivity contribution in [1.82, 2.24) is 5.73 Å². The minimum atomic E-state index is -5.28. The average Bonchev–Trinajstić information content (AvgIpc) is 2.16. The van der Waals surface area contributed by atoms with E-state index in [1.165, 1.54) is 12.1 Å². The zero-order chi connectivity index (χ0) is 11.7. The first-order valence-corrected chi connectivity index (χ1v) is 5.32. The summed E-state index contributed by atoms with van der Waals surface area (Å²) in [5.41, 5.74) is 2.09. The predicted octanol–water partition coefficient (Wildman–Crippen LogP) is 1.76. The number of alkyl halides is 3. The Kier molecular flexibility index (Phi) is 3.05. The number of hydrogen-bond donors (Lipinski definition) is 0. The number of nitrogens with one attached hydrogen (secondary N) is 1. The Bertz CT molecular complexity index is 436. The number of halogens is 3. The normalized spacial score (nSPS) is 12.8. The smallest absolute Gasteiger partial charge is 0.253 e. The van der Waals surface area contributed by atoms with Crippen LogP contribution in [0.3, 0.4) is 0 Å². The summed E-state index contributed by atoms with van der Waals surface area (Å²) in [5, 5.41) is 0. The first-order valence-electron chi connectivity index (χ1n) is 3.84. The van der Waals surface area contributed by atoms with Crippen molar-refractivity contribution in [3.63, 3.8) is 0 Å². The van der Waals surface area contributed by atoms with Gasteiger partial charge in [0.15, 0.2) is 0 Å². The van der Waals surface area contributed by atoms with Crippen LogP contribution >= 0.6 is 0 Å². The zero-order valence-electron chi connectivity index (χ0n) is 7.38. The molecule has 0 aliphatic carbocycles. The van der Waals surface area contributed by atoms with Gasteiger partial charge in [-0.3, -0.25) is 5.73 Å². The SMILES string of the molecule is [NH]Cc1ccc(S(=O)(=O)C(F)(F)F)cc1. The van der Waals surface area contributed by atoms with Gasteiger partial charge < -0.3 is 0 Å². The van der Waals surface area contributed by atoms with E-state index in [4.69, 9.17) is 5.73 Å². The van der Waals surface area contributed by atoms with Crippen molar-refractivity contribution in [2.24, 2.45) is 0 Å². The van der Waals surface area contributed by atoms with E-state index in [1.807, 2.05) is 0 Å². The maximum Gasteiger partial charge on any atom is 0.501 e. The fourth-order valence-corrected chi connectivity index (χ4v) is 1.68. The summed E-state index contributed by atoms with van der Waals surface area (Å²) in [7, 11) is -5.26. The van der Waals surface area contributed by atoms with Gasteiger partial charge in [-0.2, -0.15) is 13.2 Å². The molecule has 7 heteroatoms. The summed E-state index contributed by atoms with van der Waals surface area (Å²) in [4.78, 5) is -0.799. The van der Waals surface area contributed by atoms with Gasteiger partial charge in [0.05, 0.1) is 4.90 Å². The van der Waals surface area contributed by atoms with E-state index in [2.05, 4.69) is 0 Å². The molecule has 0 spiro atoms. The van der Waals surface area contributed by atoms with Gasteiger partial charge in [-0.1, -0.05) is 12.1 Å². The van der Waals surface area contributed by atoms with Crippen LogP contribution in [-0.2, 0) is 16.4 Å². The quantitative estimate of drug-likeness (QED) is 0.788. The Morgan fingerprint density at radius 1 is 1.13 bits per heavy atom. The number of sulfone groups is 1. The Hall–Kier alpha value is -1.08. The second-order valence-corrected chi connectivity index (χ2v) is 4.71. The van der Waals surface area contributed by atoms with Crippen LogP contribution in [0.1, 0.15) is 5.56 Å². The molecule has 0 fully saturated rings. The monoisotopic (exact) mass is 238 g/mol. The van der Waals surface area contributed by atoms with Crippen LogP contribution in [0.15, 0.2) is 29.2 Å². The van der Waals surface area contributed by atoms with Gasteiger partial charge in [0.25, 0.3) is 9.84 Å². The highest BCUT2D eigenvalue weighted by Gasteiger charge is 2.46. The van der Waals surface area contributed by atoms with Crippen molar-refractivity contribution < 1.29 is 21.6 Å². The Labute approximate surface area is 84.6 Å². The van der Waals surface area contributed by atoms with Crippen molar-refractivity contribution in [3.8, 4) is 0 Å². The van der Waals surface area contributed by atoms with Crippen LogP contribution in [0.2, 0.25) is 0 Å². The molecule has 1 aromatic carbocycles. The van der Waals surface area contributed by atoms with Crippen molar-refractivity contribution in [2.75, 3.05) is 0 Å². The summed E-state index contributed by atoms with van der Waals surface area (Å²) in [6, 6.07) is 4.08. The molecule has 1 radical (unpaired) electrons. The fraction of sp³-hybridized carbons (Fsp3) is 0.250. The van der Waals surface area contributed by atoms with Crippen LogP contribution in [0.4, 0.5) is 13.2 Å². The lowest BCUT2D eigenvalue weighted by Gasteiger charge is -2.07. The van der Waals surface area contributed by atoms with E-state index in [1.54, 1.807) is 0 Å². The lowest BCUT2D eigenvalue weighted by atomic mass is 10.2. The van der Waals surface area contributed by atoms with E-state index in [0.717, 1.165) is 12.1 Å². The molecule has 15 heavy (non-hydrogen) atoms. The van der Waals surface area contributed by atoms with Gasteiger partial charge in [-0.05, 0) is 17.7 Å². The summed E-state index contributed by atoms with van der Waals surface area (Å²) in [6.45, 7) is -0.105. The molecule has 3 nitrogen and oxygen atoms in total. The third kappa shape index (κ3) is 2.29. The second-order valence-electron chi connectivity index (χ2n) is 2.77. The van der Waals surface area contributed by atoms with Crippen molar-refractivity contribution in [1.29, 1.82) is 0 Å².